The van der Waals surface area contributed by atoms with Crippen LogP contribution in [-0.2, 0) is 9.59 Å². The molecular weight excluding hydrogens is 360 g/mol. The Morgan fingerprint density at radius 1 is 0.964 bits per heavy atom. The molecule has 0 saturated carbocycles. The number of amides is 2. The highest BCUT2D eigenvalue weighted by Gasteiger charge is 2.10. The van der Waals surface area contributed by atoms with Crippen molar-refractivity contribution < 1.29 is 18.7 Å². The van der Waals surface area contributed by atoms with Crippen LogP contribution < -0.4 is 21.0 Å². The molecule has 0 bridgehead atoms. The Hall–Kier alpha value is -3.61. The van der Waals surface area contributed by atoms with Crippen LogP contribution in [-0.4, -0.2) is 18.4 Å². The normalized spacial score (nSPS) is 10.5. The third-order valence-electron chi connectivity index (χ3n) is 4.29. The summed E-state index contributed by atoms with van der Waals surface area (Å²) in [6, 6.07) is 11.9. The molecule has 0 aliphatic carbocycles. The van der Waals surface area contributed by atoms with Crippen LogP contribution in [0.1, 0.15) is 18.1 Å². The smallest absolute Gasteiger partial charge is 0.339 e. The van der Waals surface area contributed by atoms with Gasteiger partial charge in [0.05, 0.1) is 0 Å². The average Bonchev–Trinajstić information content (AvgIpc) is 2.65. The number of rotatable bonds is 5. The van der Waals surface area contributed by atoms with E-state index in [4.69, 9.17) is 9.15 Å². The molecule has 3 aromatic rings. The van der Waals surface area contributed by atoms with Gasteiger partial charge in [-0.25, -0.2) is 4.79 Å². The van der Waals surface area contributed by atoms with E-state index in [9.17, 15) is 14.4 Å². The molecule has 0 fully saturated rings. The summed E-state index contributed by atoms with van der Waals surface area (Å²) < 4.78 is 10.8. The highest BCUT2D eigenvalue weighted by atomic mass is 16.5. The van der Waals surface area contributed by atoms with Crippen LogP contribution in [0.25, 0.3) is 11.0 Å². The summed E-state index contributed by atoms with van der Waals surface area (Å²) in [6.45, 7) is 4.80. The third kappa shape index (κ3) is 4.37. The number of hydrogen-bond acceptors (Lipinski definition) is 5. The fourth-order valence-electron chi connectivity index (χ4n) is 2.70. The quantitative estimate of drug-likeness (QED) is 0.661. The maximum Gasteiger partial charge on any atom is 0.339 e. The minimum Gasteiger partial charge on any atom is -0.484 e. The van der Waals surface area contributed by atoms with Gasteiger partial charge in [-0.15, -0.1) is 0 Å². The van der Waals surface area contributed by atoms with Gasteiger partial charge in [-0.1, -0.05) is 0 Å². The lowest BCUT2D eigenvalue weighted by atomic mass is 10.1. The zero-order valence-electron chi connectivity index (χ0n) is 15.8. The standard InChI is InChI=1S/C21H20N2O5/c1-12-13(2)21(26)28-19-10-17(8-9-18(12)19)27-11-20(25)23-16-6-4-15(5-7-16)22-14(3)24/h4-10H,11H2,1-3H3,(H,22,24)(H,23,25). The summed E-state index contributed by atoms with van der Waals surface area (Å²) in [5.41, 5.74) is 2.69. The van der Waals surface area contributed by atoms with E-state index in [0.717, 1.165) is 10.9 Å². The summed E-state index contributed by atoms with van der Waals surface area (Å²) >= 11 is 0. The van der Waals surface area contributed by atoms with Crippen molar-refractivity contribution in [2.24, 2.45) is 0 Å². The second kappa shape index (κ2) is 7.96. The molecule has 0 saturated heterocycles. The molecule has 3 rings (SSSR count). The third-order valence-corrected chi connectivity index (χ3v) is 4.29. The SMILES string of the molecule is CC(=O)Nc1ccc(NC(=O)COc2ccc3c(C)c(C)c(=O)oc3c2)cc1. The van der Waals surface area contributed by atoms with Crippen LogP contribution in [0, 0.1) is 13.8 Å². The van der Waals surface area contributed by atoms with Crippen LogP contribution in [0.4, 0.5) is 11.4 Å². The van der Waals surface area contributed by atoms with E-state index in [2.05, 4.69) is 10.6 Å². The van der Waals surface area contributed by atoms with E-state index in [1.54, 1.807) is 49.4 Å². The maximum atomic E-state index is 12.1. The predicted octanol–water partition coefficient (Wildman–Crippen LogP) is 3.39. The first-order chi connectivity index (χ1) is 13.3. The Morgan fingerprint density at radius 2 is 1.61 bits per heavy atom. The van der Waals surface area contributed by atoms with E-state index >= 15 is 0 Å². The predicted molar refractivity (Wildman–Crippen MR) is 107 cm³/mol. The van der Waals surface area contributed by atoms with Crippen LogP contribution in [0.2, 0.25) is 0 Å². The lowest BCUT2D eigenvalue weighted by Crippen LogP contribution is -2.20. The summed E-state index contributed by atoms with van der Waals surface area (Å²) in [7, 11) is 0. The van der Waals surface area contributed by atoms with E-state index in [1.165, 1.54) is 6.92 Å². The summed E-state index contributed by atoms with van der Waals surface area (Å²) in [5, 5.41) is 6.18. The molecule has 0 radical (unpaired) electrons. The molecule has 2 N–H and O–H groups in total. The van der Waals surface area contributed by atoms with Gasteiger partial charge in [-0.3, -0.25) is 9.59 Å². The number of carbonyl (C=O) groups excluding carboxylic acids is 2. The first-order valence-corrected chi connectivity index (χ1v) is 8.68. The Morgan fingerprint density at radius 3 is 2.25 bits per heavy atom. The highest BCUT2D eigenvalue weighted by Crippen LogP contribution is 2.24. The van der Waals surface area contributed by atoms with Crippen LogP contribution in [0.15, 0.2) is 51.7 Å². The molecule has 7 nitrogen and oxygen atoms in total. The van der Waals surface area contributed by atoms with Crippen molar-refractivity contribution >= 4 is 34.2 Å². The number of anilines is 2. The number of hydrogen-bond donors (Lipinski definition) is 2. The zero-order chi connectivity index (χ0) is 20.3. The molecule has 0 spiro atoms. The molecule has 0 aliphatic heterocycles. The number of benzene rings is 2. The van der Waals surface area contributed by atoms with Crippen LogP contribution in [0.3, 0.4) is 0 Å². The van der Waals surface area contributed by atoms with Crippen LogP contribution >= 0.6 is 0 Å². The van der Waals surface area contributed by atoms with Gasteiger partial charge >= 0.3 is 5.63 Å². The van der Waals surface area contributed by atoms with Gasteiger partial charge < -0.3 is 19.8 Å². The Bertz CT molecular complexity index is 1100. The maximum absolute atomic E-state index is 12.1. The van der Waals surface area contributed by atoms with Gasteiger partial charge in [-0.05, 0) is 55.8 Å². The van der Waals surface area contributed by atoms with Crippen molar-refractivity contribution in [2.75, 3.05) is 17.2 Å². The topological polar surface area (TPSA) is 97.6 Å². The van der Waals surface area contributed by atoms with Crippen molar-refractivity contribution in [3.63, 3.8) is 0 Å². The Kier molecular flexibility index (Phi) is 5.44. The number of fused-ring (bicyclic) bond motifs is 1. The highest BCUT2D eigenvalue weighted by molar-refractivity contribution is 5.93. The number of aryl methyl sites for hydroxylation is 1. The van der Waals surface area contributed by atoms with Gasteiger partial charge in [-0.2, -0.15) is 0 Å². The van der Waals surface area contributed by atoms with Crippen molar-refractivity contribution in [2.45, 2.75) is 20.8 Å². The van der Waals surface area contributed by atoms with Crippen molar-refractivity contribution in [1.29, 1.82) is 0 Å². The molecule has 0 aliphatic rings. The molecule has 2 amide bonds. The molecule has 2 aromatic carbocycles. The second-order valence-corrected chi connectivity index (χ2v) is 6.39. The minimum atomic E-state index is -0.386. The zero-order valence-corrected chi connectivity index (χ0v) is 15.8. The molecule has 0 atom stereocenters. The largest absolute Gasteiger partial charge is 0.484 e. The van der Waals surface area contributed by atoms with E-state index in [-0.39, 0.29) is 24.0 Å². The number of nitrogens with one attached hydrogen (secondary N) is 2. The second-order valence-electron chi connectivity index (χ2n) is 6.39. The van der Waals surface area contributed by atoms with E-state index < -0.39 is 0 Å². The molecule has 0 unspecified atom stereocenters. The molecule has 1 heterocycles. The van der Waals surface area contributed by atoms with E-state index in [1.807, 2.05) is 6.92 Å². The van der Waals surface area contributed by atoms with Gasteiger partial charge in [0.15, 0.2) is 6.61 Å². The summed E-state index contributed by atoms with van der Waals surface area (Å²) in [4.78, 5) is 34.9. The molecule has 7 heteroatoms. The van der Waals surface area contributed by atoms with Gasteiger partial charge in [0.25, 0.3) is 5.91 Å². The van der Waals surface area contributed by atoms with Gasteiger partial charge in [0, 0.05) is 35.3 Å². The van der Waals surface area contributed by atoms with Gasteiger partial charge in [0.2, 0.25) is 5.91 Å². The summed E-state index contributed by atoms with van der Waals surface area (Å²) in [5.74, 6) is -0.0780. The first kappa shape index (κ1) is 19.2. The van der Waals surface area contributed by atoms with Crippen molar-refractivity contribution in [3.05, 3.63) is 64.0 Å². The fourth-order valence-corrected chi connectivity index (χ4v) is 2.70. The Labute approximate surface area is 161 Å². The lowest BCUT2D eigenvalue weighted by Gasteiger charge is -2.10. The molecule has 1 aromatic heterocycles. The molecule has 144 valence electrons. The fraction of sp³-hybridized carbons (Fsp3) is 0.190. The number of ether oxygens (including phenoxy) is 1. The minimum absolute atomic E-state index is 0.165. The Balaban J connectivity index is 1.63. The molecule has 28 heavy (non-hydrogen) atoms. The lowest BCUT2D eigenvalue weighted by molar-refractivity contribution is -0.118. The van der Waals surface area contributed by atoms with E-state index in [0.29, 0.717) is 28.3 Å². The summed E-state index contributed by atoms with van der Waals surface area (Å²) in [6.07, 6.45) is 0. The average molecular weight is 380 g/mol. The van der Waals surface area contributed by atoms with Crippen molar-refractivity contribution in [1.82, 2.24) is 0 Å². The number of carbonyl (C=O) groups is 2. The van der Waals surface area contributed by atoms with Gasteiger partial charge in [0.1, 0.15) is 11.3 Å². The van der Waals surface area contributed by atoms with Crippen molar-refractivity contribution in [3.8, 4) is 5.75 Å². The molecular formula is C21H20N2O5. The van der Waals surface area contributed by atoms with Crippen LogP contribution in [0.5, 0.6) is 5.75 Å². The monoisotopic (exact) mass is 380 g/mol. The first-order valence-electron chi connectivity index (χ1n) is 8.68.